The molecule has 0 atom stereocenters. The van der Waals surface area contributed by atoms with Crippen LogP contribution in [0.5, 0.6) is 5.75 Å². The minimum Gasteiger partial charge on any atom is -0.494 e. The Kier molecular flexibility index (Phi) is 4.88. The van der Waals surface area contributed by atoms with E-state index in [9.17, 15) is 9.90 Å². The number of unbranched alkanes of at least 4 members (excludes halogenated alkanes) is 1. The summed E-state index contributed by atoms with van der Waals surface area (Å²) in [4.78, 5) is 10.5. The normalized spacial score (nSPS) is 13.6. The molecule has 28 heavy (non-hydrogen) atoms. The Morgan fingerprint density at radius 1 is 0.821 bits per heavy atom. The molecule has 0 bridgehead atoms. The molecule has 2 N–H and O–H groups in total. The first-order valence-corrected chi connectivity index (χ1v) is 9.47. The van der Waals surface area contributed by atoms with Crippen LogP contribution in [-0.2, 0) is 10.4 Å². The molecule has 3 aromatic carbocycles. The van der Waals surface area contributed by atoms with Crippen molar-refractivity contribution >= 4 is 5.97 Å². The van der Waals surface area contributed by atoms with Crippen molar-refractivity contribution in [2.45, 2.75) is 24.9 Å². The predicted molar refractivity (Wildman–Crippen MR) is 107 cm³/mol. The van der Waals surface area contributed by atoms with Crippen molar-refractivity contribution in [1.82, 2.24) is 0 Å². The van der Waals surface area contributed by atoms with Crippen molar-refractivity contribution in [3.63, 3.8) is 0 Å². The Labute approximate surface area is 164 Å². The van der Waals surface area contributed by atoms with Gasteiger partial charge in [-0.25, -0.2) is 0 Å². The fraction of sp³-hybridized carbons (Fsp3) is 0.208. The van der Waals surface area contributed by atoms with Crippen molar-refractivity contribution in [1.29, 1.82) is 0 Å². The van der Waals surface area contributed by atoms with Crippen LogP contribution in [0.15, 0.2) is 72.8 Å². The number of aliphatic carboxylic acids is 1. The Balaban J connectivity index is 1.57. The van der Waals surface area contributed by atoms with Gasteiger partial charge in [0.2, 0.25) is 0 Å². The first-order chi connectivity index (χ1) is 13.6. The lowest BCUT2D eigenvalue weighted by atomic mass is 9.84. The summed E-state index contributed by atoms with van der Waals surface area (Å²) in [6.45, 7) is 0.475. The zero-order valence-corrected chi connectivity index (χ0v) is 15.5. The number of benzene rings is 3. The monoisotopic (exact) mass is 374 g/mol. The lowest BCUT2D eigenvalue weighted by molar-refractivity contribution is -0.137. The van der Waals surface area contributed by atoms with Gasteiger partial charge in [-0.15, -0.1) is 0 Å². The number of carbonyl (C=O) groups is 1. The molecular formula is C24H22O4. The molecule has 3 aromatic rings. The largest absolute Gasteiger partial charge is 0.494 e. The van der Waals surface area contributed by atoms with E-state index in [4.69, 9.17) is 9.84 Å². The van der Waals surface area contributed by atoms with Gasteiger partial charge in [-0.3, -0.25) is 4.79 Å². The van der Waals surface area contributed by atoms with E-state index in [0.29, 0.717) is 25.2 Å². The summed E-state index contributed by atoms with van der Waals surface area (Å²) in [7, 11) is 0. The summed E-state index contributed by atoms with van der Waals surface area (Å²) in [6, 6.07) is 23.4. The van der Waals surface area contributed by atoms with Crippen molar-refractivity contribution < 1.29 is 19.7 Å². The third-order valence-corrected chi connectivity index (χ3v) is 5.25. The molecule has 0 heterocycles. The number of rotatable bonds is 7. The number of aliphatic hydroxyl groups is 1. The minimum absolute atomic E-state index is 0.161. The third-order valence-electron chi connectivity index (χ3n) is 5.25. The van der Waals surface area contributed by atoms with Gasteiger partial charge in [0.05, 0.1) is 6.61 Å². The van der Waals surface area contributed by atoms with Crippen molar-refractivity contribution in [3.8, 4) is 16.9 Å². The number of ether oxygens (including phenoxy) is 1. The molecule has 0 saturated heterocycles. The van der Waals surface area contributed by atoms with Crippen LogP contribution in [-0.4, -0.2) is 22.8 Å². The van der Waals surface area contributed by atoms with E-state index in [1.54, 1.807) is 0 Å². The predicted octanol–water partition coefficient (Wildman–Crippen LogP) is 4.58. The molecular weight excluding hydrogens is 352 g/mol. The molecule has 0 aliphatic heterocycles. The topological polar surface area (TPSA) is 66.8 Å². The van der Waals surface area contributed by atoms with Crippen LogP contribution in [0, 0.1) is 0 Å². The number of carboxylic acid groups (broad SMARTS) is 1. The van der Waals surface area contributed by atoms with Crippen LogP contribution >= 0.6 is 0 Å². The zero-order valence-electron chi connectivity index (χ0n) is 15.5. The molecule has 0 saturated carbocycles. The van der Waals surface area contributed by atoms with Gasteiger partial charge < -0.3 is 14.9 Å². The minimum atomic E-state index is -1.19. The molecule has 0 spiro atoms. The first-order valence-electron chi connectivity index (χ1n) is 9.47. The van der Waals surface area contributed by atoms with Crippen LogP contribution in [0.2, 0.25) is 0 Å². The summed E-state index contributed by atoms with van der Waals surface area (Å²) < 4.78 is 5.70. The molecule has 4 heteroatoms. The summed E-state index contributed by atoms with van der Waals surface area (Å²) in [6.07, 6.45) is 1.45. The lowest BCUT2D eigenvalue weighted by Gasteiger charge is -2.26. The Morgan fingerprint density at radius 2 is 1.39 bits per heavy atom. The fourth-order valence-electron chi connectivity index (χ4n) is 3.88. The highest BCUT2D eigenvalue weighted by Gasteiger charge is 2.42. The number of hydrogen-bond donors (Lipinski definition) is 2. The van der Waals surface area contributed by atoms with E-state index in [-0.39, 0.29) is 6.42 Å². The van der Waals surface area contributed by atoms with Gasteiger partial charge in [-0.1, -0.05) is 60.7 Å². The number of carboxylic acids is 1. The second-order valence-corrected chi connectivity index (χ2v) is 7.03. The molecule has 1 aliphatic rings. The van der Waals surface area contributed by atoms with Gasteiger partial charge in [0.1, 0.15) is 11.4 Å². The van der Waals surface area contributed by atoms with E-state index in [2.05, 4.69) is 0 Å². The average molecular weight is 374 g/mol. The van der Waals surface area contributed by atoms with E-state index in [1.165, 1.54) is 0 Å². The SMILES string of the molecule is O=C(O)CCCCOc1ccc(C2(O)c3ccccc3-c3ccccc32)cc1. The average Bonchev–Trinajstić information content (AvgIpc) is 2.98. The van der Waals surface area contributed by atoms with Crippen LogP contribution in [0.4, 0.5) is 0 Å². The molecule has 0 amide bonds. The summed E-state index contributed by atoms with van der Waals surface area (Å²) in [5.74, 6) is -0.0723. The molecule has 0 radical (unpaired) electrons. The van der Waals surface area contributed by atoms with Gasteiger partial charge in [-0.05, 0) is 41.7 Å². The summed E-state index contributed by atoms with van der Waals surface area (Å²) >= 11 is 0. The second kappa shape index (κ2) is 7.49. The maximum Gasteiger partial charge on any atom is 0.303 e. The van der Waals surface area contributed by atoms with E-state index in [0.717, 1.165) is 27.8 Å². The van der Waals surface area contributed by atoms with Gasteiger partial charge in [0, 0.05) is 17.5 Å². The van der Waals surface area contributed by atoms with E-state index < -0.39 is 11.6 Å². The van der Waals surface area contributed by atoms with Gasteiger partial charge >= 0.3 is 5.97 Å². The van der Waals surface area contributed by atoms with Crippen molar-refractivity contribution in [2.75, 3.05) is 6.61 Å². The second-order valence-electron chi connectivity index (χ2n) is 7.03. The highest BCUT2D eigenvalue weighted by molar-refractivity contribution is 5.82. The molecule has 1 aliphatic carbocycles. The van der Waals surface area contributed by atoms with Gasteiger partial charge in [0.15, 0.2) is 0 Å². The first kappa shape index (κ1) is 18.3. The zero-order chi connectivity index (χ0) is 19.6. The van der Waals surface area contributed by atoms with Crippen molar-refractivity contribution in [2.24, 2.45) is 0 Å². The van der Waals surface area contributed by atoms with Crippen molar-refractivity contribution in [3.05, 3.63) is 89.5 Å². The molecule has 4 rings (SSSR count). The van der Waals surface area contributed by atoms with Gasteiger partial charge in [-0.2, -0.15) is 0 Å². The number of fused-ring (bicyclic) bond motifs is 3. The van der Waals surface area contributed by atoms with Crippen LogP contribution in [0.1, 0.15) is 36.0 Å². The highest BCUT2D eigenvalue weighted by Crippen LogP contribution is 2.50. The van der Waals surface area contributed by atoms with Crippen LogP contribution < -0.4 is 4.74 Å². The Hall–Kier alpha value is -3.11. The summed E-state index contributed by atoms with van der Waals surface area (Å²) in [5, 5.41) is 20.4. The standard InChI is InChI=1S/C24H22O4/c25-23(26)11-5-6-16-28-18-14-12-17(13-15-18)24(27)21-9-3-1-7-19(21)20-8-2-4-10-22(20)24/h1-4,7-10,12-15,27H,5-6,11,16H2,(H,25,26). The smallest absolute Gasteiger partial charge is 0.303 e. The number of hydrogen-bond acceptors (Lipinski definition) is 3. The lowest BCUT2D eigenvalue weighted by Crippen LogP contribution is -2.26. The molecule has 0 aromatic heterocycles. The molecule has 0 fully saturated rings. The molecule has 142 valence electrons. The van der Waals surface area contributed by atoms with E-state index >= 15 is 0 Å². The molecule has 4 nitrogen and oxygen atoms in total. The Bertz CT molecular complexity index is 946. The molecule has 0 unspecified atom stereocenters. The third kappa shape index (κ3) is 3.16. The van der Waals surface area contributed by atoms with Gasteiger partial charge in [0.25, 0.3) is 0 Å². The van der Waals surface area contributed by atoms with Crippen LogP contribution in [0.25, 0.3) is 11.1 Å². The maximum atomic E-state index is 11.8. The maximum absolute atomic E-state index is 11.8. The van der Waals surface area contributed by atoms with Crippen LogP contribution in [0.3, 0.4) is 0 Å². The highest BCUT2D eigenvalue weighted by atomic mass is 16.5. The quantitative estimate of drug-likeness (QED) is 0.594. The fourth-order valence-corrected chi connectivity index (χ4v) is 3.88. The summed E-state index contributed by atoms with van der Waals surface area (Å²) in [5.41, 5.74) is 3.49. The Morgan fingerprint density at radius 3 is 1.96 bits per heavy atom. The van der Waals surface area contributed by atoms with E-state index in [1.807, 2.05) is 72.8 Å².